The molecule has 0 N–H and O–H groups in total. The van der Waals surface area contributed by atoms with E-state index < -0.39 is 5.41 Å². The van der Waals surface area contributed by atoms with Crippen LogP contribution in [-0.2, 0) is 26.5 Å². The van der Waals surface area contributed by atoms with E-state index in [0.29, 0.717) is 17.2 Å². The van der Waals surface area contributed by atoms with Crippen LogP contribution in [0.4, 0.5) is 17.1 Å². The molecule has 7 heteroatoms. The van der Waals surface area contributed by atoms with Gasteiger partial charge in [-0.15, -0.1) is 35.9 Å². The maximum absolute atomic E-state index is 6.39. The van der Waals surface area contributed by atoms with Gasteiger partial charge in [0.05, 0.1) is 34.9 Å². The van der Waals surface area contributed by atoms with Crippen molar-refractivity contribution in [2.24, 2.45) is 0 Å². The Labute approximate surface area is 275 Å². The van der Waals surface area contributed by atoms with Crippen molar-refractivity contribution in [1.82, 2.24) is 20.0 Å². The fourth-order valence-electron chi connectivity index (χ4n) is 6.19. The number of rotatable bonds is 6. The maximum Gasteiger partial charge on any atom is 2.00 e. The van der Waals surface area contributed by atoms with E-state index in [9.17, 15) is 0 Å². The number of para-hydroxylation sites is 3. The Balaban J connectivity index is 0.00000325. The zero-order valence-electron chi connectivity index (χ0n) is 23.9. The normalized spacial score (nSPS) is 12.8. The van der Waals surface area contributed by atoms with Gasteiger partial charge in [-0.3, -0.25) is 4.98 Å². The molecule has 5 aromatic carbocycles. The summed E-state index contributed by atoms with van der Waals surface area (Å²) in [7, 11) is 0. The van der Waals surface area contributed by atoms with Gasteiger partial charge in [-0.25, -0.2) is 0 Å². The average Bonchev–Trinajstić information content (AvgIpc) is 3.64. The van der Waals surface area contributed by atoms with Crippen molar-refractivity contribution in [1.29, 1.82) is 0 Å². The first-order valence-corrected chi connectivity index (χ1v) is 14.4. The van der Waals surface area contributed by atoms with Crippen molar-refractivity contribution < 1.29 is 25.8 Å². The number of fused-ring (bicyclic) bond motifs is 2. The number of benzene rings is 5. The van der Waals surface area contributed by atoms with Gasteiger partial charge in [-0.05, 0) is 53.2 Å². The molecular formula is C38H25N5OPt. The van der Waals surface area contributed by atoms with Gasteiger partial charge in [0.2, 0.25) is 0 Å². The Morgan fingerprint density at radius 3 is 1.87 bits per heavy atom. The summed E-state index contributed by atoms with van der Waals surface area (Å²) in [4.78, 5) is 8.84. The van der Waals surface area contributed by atoms with E-state index in [4.69, 9.17) is 9.72 Å². The Morgan fingerprint density at radius 2 is 1.18 bits per heavy atom. The first-order valence-electron chi connectivity index (χ1n) is 14.4. The van der Waals surface area contributed by atoms with Gasteiger partial charge >= 0.3 is 21.1 Å². The van der Waals surface area contributed by atoms with E-state index in [1.54, 1.807) is 12.4 Å². The summed E-state index contributed by atoms with van der Waals surface area (Å²) >= 11 is 0. The third kappa shape index (κ3) is 4.84. The molecule has 1 aliphatic heterocycles. The van der Waals surface area contributed by atoms with Crippen LogP contribution < -0.4 is 9.64 Å². The molecular weight excluding hydrogens is 738 g/mol. The molecule has 0 amide bonds. The van der Waals surface area contributed by atoms with Crippen LogP contribution in [0.25, 0.3) is 5.69 Å². The molecule has 0 spiro atoms. The molecule has 8 rings (SSSR count). The molecule has 0 bridgehead atoms. The van der Waals surface area contributed by atoms with Crippen molar-refractivity contribution in [3.05, 3.63) is 187 Å². The van der Waals surface area contributed by atoms with Crippen molar-refractivity contribution in [3.8, 4) is 17.2 Å². The van der Waals surface area contributed by atoms with Crippen LogP contribution in [-0.4, -0.2) is 20.0 Å². The summed E-state index contributed by atoms with van der Waals surface area (Å²) in [6.07, 6.45) is 5.12. The molecule has 0 radical (unpaired) electrons. The number of nitrogens with zero attached hydrogens (tertiary/aromatic N) is 5. The van der Waals surface area contributed by atoms with Gasteiger partial charge < -0.3 is 9.64 Å². The Morgan fingerprint density at radius 1 is 0.556 bits per heavy atom. The molecule has 6 nitrogen and oxygen atoms in total. The van der Waals surface area contributed by atoms with E-state index in [1.807, 2.05) is 54.7 Å². The van der Waals surface area contributed by atoms with Gasteiger partial charge in [0.1, 0.15) is 0 Å². The fraction of sp³-hybridized carbons (Fsp3) is 0.0263. The number of pyridine rings is 1. The van der Waals surface area contributed by atoms with Crippen LogP contribution in [0.5, 0.6) is 11.5 Å². The quantitative estimate of drug-likeness (QED) is 0.160. The molecule has 2 aromatic heterocycles. The van der Waals surface area contributed by atoms with Gasteiger partial charge in [0, 0.05) is 23.4 Å². The summed E-state index contributed by atoms with van der Waals surface area (Å²) in [5.41, 5.74) is 7.19. The van der Waals surface area contributed by atoms with Gasteiger partial charge in [-0.2, -0.15) is 33.2 Å². The maximum atomic E-state index is 6.39. The van der Waals surface area contributed by atoms with Crippen LogP contribution in [0.2, 0.25) is 0 Å². The molecule has 0 saturated carbocycles. The van der Waals surface area contributed by atoms with E-state index in [-0.39, 0.29) is 21.1 Å². The third-order valence-corrected chi connectivity index (χ3v) is 7.94. The molecule has 0 fully saturated rings. The molecule has 0 saturated heterocycles. The van der Waals surface area contributed by atoms with Crippen LogP contribution in [0.1, 0.15) is 22.4 Å². The predicted octanol–water partition coefficient (Wildman–Crippen LogP) is 8.22. The van der Waals surface area contributed by atoms with Gasteiger partial charge in [0.15, 0.2) is 0 Å². The SMILES string of the molecule is [Pt+2].[c-]1c(Oc2[c-]c(C3(c4ccccn4)c4ccccc4N(c4ccccc4)c4ccccc43)ccc2)cccc1-n1nccn1. The first kappa shape index (κ1) is 28.4. The van der Waals surface area contributed by atoms with Crippen molar-refractivity contribution >= 4 is 17.1 Å². The fourth-order valence-corrected chi connectivity index (χ4v) is 6.19. The third-order valence-electron chi connectivity index (χ3n) is 7.94. The monoisotopic (exact) mass is 762 g/mol. The second-order valence-corrected chi connectivity index (χ2v) is 10.4. The van der Waals surface area contributed by atoms with Gasteiger partial charge in [-0.1, -0.05) is 60.7 Å². The van der Waals surface area contributed by atoms with E-state index >= 15 is 0 Å². The minimum absolute atomic E-state index is 0. The van der Waals surface area contributed by atoms with E-state index in [0.717, 1.165) is 39.4 Å². The standard InChI is InChI=1S/C38H25N5O.Pt/c1-2-13-29(14-3-1)42-35-20-6-4-18-33(35)38(37-22-8-9-23-39-37,34-19-5-7-21-36(34)42)28-12-10-16-31(26-28)44-32-17-11-15-30(27-32)43-40-24-25-41-43;/h1-25H;/q-2;+2. The molecule has 45 heavy (non-hydrogen) atoms. The summed E-state index contributed by atoms with van der Waals surface area (Å²) in [6.45, 7) is 0. The largest absolute Gasteiger partial charge is 2.00 e. The average molecular weight is 763 g/mol. The smallest absolute Gasteiger partial charge is 0.509 e. The molecule has 7 aromatic rings. The van der Waals surface area contributed by atoms with Crippen molar-refractivity contribution in [2.45, 2.75) is 5.41 Å². The topological polar surface area (TPSA) is 56.1 Å². The molecule has 1 aliphatic rings. The molecule has 0 aliphatic carbocycles. The second-order valence-electron chi connectivity index (χ2n) is 10.4. The zero-order chi connectivity index (χ0) is 29.3. The van der Waals surface area contributed by atoms with Crippen LogP contribution >= 0.6 is 0 Å². The number of hydrogen-bond donors (Lipinski definition) is 0. The summed E-state index contributed by atoms with van der Waals surface area (Å²) < 4.78 is 6.39. The Hall–Kier alpha value is -5.32. The van der Waals surface area contributed by atoms with Crippen LogP contribution in [0.3, 0.4) is 0 Å². The Bertz CT molecular complexity index is 2020. The van der Waals surface area contributed by atoms with Crippen LogP contribution in [0, 0.1) is 12.1 Å². The van der Waals surface area contributed by atoms with Crippen molar-refractivity contribution in [3.63, 3.8) is 0 Å². The number of aromatic nitrogens is 4. The summed E-state index contributed by atoms with van der Waals surface area (Å²) in [5.74, 6) is 1.11. The van der Waals surface area contributed by atoms with E-state index in [1.165, 1.54) is 4.80 Å². The van der Waals surface area contributed by atoms with Crippen LogP contribution in [0.15, 0.2) is 152 Å². The van der Waals surface area contributed by atoms with E-state index in [2.05, 4.69) is 112 Å². The summed E-state index contributed by atoms with van der Waals surface area (Å²) in [5, 5.41) is 8.45. The number of ether oxygens (including phenoxy) is 1. The number of anilines is 3. The van der Waals surface area contributed by atoms with Gasteiger partial charge in [0.25, 0.3) is 0 Å². The predicted molar refractivity (Wildman–Crippen MR) is 170 cm³/mol. The second kappa shape index (κ2) is 12.0. The Kier molecular flexibility index (Phi) is 7.58. The molecule has 3 heterocycles. The molecule has 218 valence electrons. The zero-order valence-corrected chi connectivity index (χ0v) is 26.2. The molecule has 0 atom stereocenters. The minimum Gasteiger partial charge on any atom is -0.509 e. The molecule has 0 unspecified atom stereocenters. The first-order chi connectivity index (χ1) is 21.8. The van der Waals surface area contributed by atoms with Crippen molar-refractivity contribution in [2.75, 3.05) is 4.90 Å². The summed E-state index contributed by atoms with van der Waals surface area (Å²) in [6, 6.07) is 52.3. The minimum atomic E-state index is -0.774. The number of hydrogen-bond acceptors (Lipinski definition) is 5.